The number of carboxylic acids is 1. The lowest BCUT2D eigenvalue weighted by Gasteiger charge is -2.57. The van der Waals surface area contributed by atoms with Gasteiger partial charge in [-0.05, 0) is 111 Å². The second kappa shape index (κ2) is 7.99. The Balaban J connectivity index is 1.18. The van der Waals surface area contributed by atoms with Crippen LogP contribution >= 0.6 is 12.6 Å². The maximum absolute atomic E-state index is 12.0. The maximum atomic E-state index is 12.0. The minimum atomic E-state index is -0.541. The van der Waals surface area contributed by atoms with Crippen LogP contribution in [0.15, 0.2) is 0 Å². The highest BCUT2D eigenvalue weighted by Crippen LogP contribution is 2.60. The first-order valence-electron chi connectivity index (χ1n) is 13.5. The van der Waals surface area contributed by atoms with Crippen LogP contribution in [0, 0.1) is 65.1 Å². The summed E-state index contributed by atoms with van der Waals surface area (Å²) < 4.78 is 0. The van der Waals surface area contributed by atoms with Gasteiger partial charge in [0.2, 0.25) is 0 Å². The lowest BCUT2D eigenvalue weighted by Crippen LogP contribution is -2.52. The van der Waals surface area contributed by atoms with Gasteiger partial charge in [0, 0.05) is 5.25 Å². The van der Waals surface area contributed by atoms with Crippen LogP contribution < -0.4 is 0 Å². The summed E-state index contributed by atoms with van der Waals surface area (Å²) in [6.45, 7) is 0. The molecule has 0 bridgehead atoms. The predicted molar refractivity (Wildman–Crippen MR) is 123 cm³/mol. The summed E-state index contributed by atoms with van der Waals surface area (Å²) in [7, 11) is 0. The second-order valence-corrected chi connectivity index (χ2v) is 13.2. The van der Waals surface area contributed by atoms with Crippen LogP contribution in [-0.4, -0.2) is 16.3 Å². The molecule has 0 aliphatic heterocycles. The summed E-state index contributed by atoms with van der Waals surface area (Å²) in [5.41, 5.74) is 0. The number of rotatable bonds is 1. The highest BCUT2D eigenvalue weighted by molar-refractivity contribution is 7.81. The SMILES string of the molecule is O=C(O)C1CCCC2CC3CC4CC5CC6CCCCC6CC5CC4CC3C(S)C21. The number of carboxylic acid groups (broad SMARTS) is 1. The first kappa shape index (κ1) is 20.4. The molecule has 0 spiro atoms. The molecular formula is C27H42O2S. The van der Waals surface area contributed by atoms with E-state index in [-0.39, 0.29) is 5.92 Å². The smallest absolute Gasteiger partial charge is 0.306 e. The molecule has 12 unspecified atom stereocenters. The molecule has 0 aromatic heterocycles. The summed E-state index contributed by atoms with van der Waals surface area (Å²) in [6.07, 6.45) is 19.6. The topological polar surface area (TPSA) is 37.3 Å². The number of thiol groups is 1. The van der Waals surface area contributed by atoms with Gasteiger partial charge in [0.25, 0.3) is 0 Å². The van der Waals surface area contributed by atoms with E-state index >= 15 is 0 Å². The molecule has 0 aromatic rings. The Kier molecular flexibility index (Phi) is 5.44. The van der Waals surface area contributed by atoms with E-state index in [1.165, 1.54) is 64.2 Å². The summed E-state index contributed by atoms with van der Waals surface area (Å²) in [4.78, 5) is 12.0. The first-order chi connectivity index (χ1) is 14.6. The quantitative estimate of drug-likeness (QED) is 0.455. The lowest BCUT2D eigenvalue weighted by molar-refractivity contribution is -0.148. The minimum Gasteiger partial charge on any atom is -0.481 e. The third-order valence-corrected chi connectivity index (χ3v) is 12.2. The fourth-order valence-corrected chi connectivity index (χ4v) is 11.1. The van der Waals surface area contributed by atoms with Crippen LogP contribution in [0.5, 0.6) is 0 Å². The van der Waals surface area contributed by atoms with E-state index in [4.69, 9.17) is 12.6 Å². The van der Waals surface area contributed by atoms with Crippen molar-refractivity contribution in [3.05, 3.63) is 0 Å². The van der Waals surface area contributed by atoms with Crippen LogP contribution in [0.4, 0.5) is 0 Å². The van der Waals surface area contributed by atoms with E-state index in [1.54, 1.807) is 12.8 Å². The fraction of sp³-hybridized carbons (Fsp3) is 0.963. The van der Waals surface area contributed by atoms with Gasteiger partial charge in [-0.15, -0.1) is 0 Å². The van der Waals surface area contributed by atoms with Crippen molar-refractivity contribution in [1.82, 2.24) is 0 Å². The van der Waals surface area contributed by atoms with Gasteiger partial charge in [-0.2, -0.15) is 12.6 Å². The molecular weight excluding hydrogens is 388 g/mol. The van der Waals surface area contributed by atoms with Crippen molar-refractivity contribution in [2.75, 3.05) is 0 Å². The van der Waals surface area contributed by atoms with Gasteiger partial charge in [0.1, 0.15) is 0 Å². The van der Waals surface area contributed by atoms with Gasteiger partial charge in [-0.3, -0.25) is 4.79 Å². The molecule has 2 nitrogen and oxygen atoms in total. The second-order valence-electron chi connectivity index (χ2n) is 12.6. The number of fused-ring (bicyclic) bond motifs is 5. The average Bonchev–Trinajstić information content (AvgIpc) is 2.75. The van der Waals surface area contributed by atoms with Crippen LogP contribution in [0.3, 0.4) is 0 Å². The molecule has 6 aliphatic carbocycles. The molecule has 30 heavy (non-hydrogen) atoms. The summed E-state index contributed by atoms with van der Waals surface area (Å²) in [6, 6.07) is 0. The van der Waals surface area contributed by atoms with Gasteiger partial charge in [0.15, 0.2) is 0 Å². The van der Waals surface area contributed by atoms with Crippen molar-refractivity contribution in [3.63, 3.8) is 0 Å². The molecule has 6 aliphatic rings. The Bertz CT molecular complexity index is 663. The molecule has 6 saturated carbocycles. The van der Waals surface area contributed by atoms with Crippen molar-refractivity contribution in [3.8, 4) is 0 Å². The third-order valence-electron chi connectivity index (χ3n) is 11.5. The Hall–Kier alpha value is -0.180. The highest BCUT2D eigenvalue weighted by atomic mass is 32.1. The van der Waals surface area contributed by atoms with Crippen LogP contribution in [-0.2, 0) is 4.79 Å². The minimum absolute atomic E-state index is 0.123. The Morgan fingerprint density at radius 1 is 0.600 bits per heavy atom. The maximum Gasteiger partial charge on any atom is 0.306 e. The monoisotopic (exact) mass is 430 g/mol. The number of carbonyl (C=O) groups is 1. The third kappa shape index (κ3) is 3.39. The fourth-order valence-electron chi connectivity index (χ4n) is 10.2. The molecule has 0 heterocycles. The summed E-state index contributed by atoms with van der Waals surface area (Å²) in [5.74, 6) is 7.91. The first-order valence-corrected chi connectivity index (χ1v) is 14.0. The molecule has 0 saturated heterocycles. The largest absolute Gasteiger partial charge is 0.481 e. The molecule has 12 atom stereocenters. The predicted octanol–water partition coefficient (Wildman–Crippen LogP) is 6.69. The highest BCUT2D eigenvalue weighted by Gasteiger charge is 2.54. The zero-order chi connectivity index (χ0) is 20.4. The van der Waals surface area contributed by atoms with Gasteiger partial charge < -0.3 is 5.11 Å². The van der Waals surface area contributed by atoms with Crippen molar-refractivity contribution in [2.24, 2.45) is 65.1 Å². The average molecular weight is 431 g/mol. The van der Waals surface area contributed by atoms with E-state index < -0.39 is 5.97 Å². The van der Waals surface area contributed by atoms with Gasteiger partial charge >= 0.3 is 5.97 Å². The van der Waals surface area contributed by atoms with E-state index in [0.29, 0.717) is 23.0 Å². The molecule has 6 fully saturated rings. The van der Waals surface area contributed by atoms with E-state index in [2.05, 4.69) is 0 Å². The lowest BCUT2D eigenvalue weighted by atomic mass is 9.49. The van der Waals surface area contributed by atoms with E-state index in [9.17, 15) is 9.90 Å². The molecule has 6 rings (SSSR count). The molecule has 168 valence electrons. The summed E-state index contributed by atoms with van der Waals surface area (Å²) >= 11 is 5.21. The van der Waals surface area contributed by atoms with Crippen molar-refractivity contribution in [1.29, 1.82) is 0 Å². The number of hydrogen-bond donors (Lipinski definition) is 2. The molecule has 3 heteroatoms. The van der Waals surface area contributed by atoms with Crippen molar-refractivity contribution < 1.29 is 9.90 Å². The normalized spacial score (nSPS) is 55.2. The molecule has 1 N–H and O–H groups in total. The molecule has 0 radical (unpaired) electrons. The van der Waals surface area contributed by atoms with Crippen LogP contribution in [0.2, 0.25) is 0 Å². The van der Waals surface area contributed by atoms with Gasteiger partial charge in [0.05, 0.1) is 5.92 Å². The van der Waals surface area contributed by atoms with Crippen molar-refractivity contribution in [2.45, 2.75) is 95.1 Å². The zero-order valence-corrected chi connectivity index (χ0v) is 19.5. The molecule has 0 aromatic carbocycles. The Morgan fingerprint density at radius 2 is 1.10 bits per heavy atom. The Labute approximate surface area is 188 Å². The number of aliphatic carboxylic acids is 1. The summed E-state index contributed by atoms with van der Waals surface area (Å²) in [5, 5.41) is 10.2. The van der Waals surface area contributed by atoms with Crippen LogP contribution in [0.1, 0.15) is 89.9 Å². The Morgan fingerprint density at radius 3 is 1.73 bits per heavy atom. The number of hydrogen-bond acceptors (Lipinski definition) is 2. The zero-order valence-electron chi connectivity index (χ0n) is 18.6. The van der Waals surface area contributed by atoms with Gasteiger partial charge in [-0.25, -0.2) is 0 Å². The van der Waals surface area contributed by atoms with E-state index in [0.717, 1.165) is 54.3 Å². The molecule has 0 amide bonds. The van der Waals surface area contributed by atoms with Gasteiger partial charge in [-0.1, -0.05) is 38.5 Å². The van der Waals surface area contributed by atoms with Crippen molar-refractivity contribution >= 4 is 18.6 Å². The van der Waals surface area contributed by atoms with Crippen LogP contribution in [0.25, 0.3) is 0 Å². The standard InChI is InChI=1S/C27H42O2S/c28-27(29)23-7-3-6-17-10-22-13-20-11-18-8-15-4-1-2-5-16(15)9-19(18)12-21(20)14-24(22)26(30)25(17)23/h15-26,30H,1-14H2,(H,28,29). The van der Waals surface area contributed by atoms with E-state index in [1.807, 2.05) is 0 Å².